The number of hydrogen-bond donors (Lipinski definition) is 3. The number of aliphatic hydroxyl groups is 1. The van der Waals surface area contributed by atoms with Gasteiger partial charge >= 0.3 is 5.63 Å². The molecule has 28 heavy (non-hydrogen) atoms. The first-order valence-electron chi connectivity index (χ1n) is 8.52. The Labute approximate surface area is 156 Å². The minimum atomic E-state index is -0.548. The topological polar surface area (TPSA) is 117 Å². The number of hydrogen-bond acceptors (Lipinski definition) is 6. The number of phenols is 1. The monoisotopic (exact) mass is 375 g/mol. The van der Waals surface area contributed by atoms with Gasteiger partial charge in [0.05, 0.1) is 22.9 Å². The molecule has 138 valence electrons. The average Bonchev–Trinajstić information content (AvgIpc) is 3.09. The molecule has 0 bridgehead atoms. The summed E-state index contributed by atoms with van der Waals surface area (Å²) in [6.07, 6.45) is 0. The number of aromatic amines is 1. The predicted octanol–water partition coefficient (Wildman–Crippen LogP) is 3.25. The zero-order valence-electron chi connectivity index (χ0n) is 14.4. The van der Waals surface area contributed by atoms with Gasteiger partial charge in [0.15, 0.2) is 0 Å². The second-order valence-electron chi connectivity index (χ2n) is 6.44. The number of phenolic OH excluding ortho intramolecular Hbond substituents is 1. The molecular formula is C21H13NO6. The number of para-hydroxylation sites is 2. The van der Waals surface area contributed by atoms with Gasteiger partial charge in [0.1, 0.15) is 22.3 Å². The lowest BCUT2D eigenvalue weighted by Crippen LogP contribution is -2.04. The maximum Gasteiger partial charge on any atom is 0.365 e. The summed E-state index contributed by atoms with van der Waals surface area (Å²) in [6, 6.07) is 13.1. The third-order valence-electron chi connectivity index (χ3n) is 4.89. The fourth-order valence-corrected chi connectivity index (χ4v) is 3.61. The summed E-state index contributed by atoms with van der Waals surface area (Å²) in [5.41, 5.74) is 1.000. The molecule has 5 aromatic rings. The minimum Gasteiger partial charge on any atom is -0.506 e. The molecule has 0 spiro atoms. The van der Waals surface area contributed by atoms with Gasteiger partial charge < -0.3 is 19.2 Å². The van der Waals surface area contributed by atoms with E-state index in [1.54, 1.807) is 42.5 Å². The lowest BCUT2D eigenvalue weighted by Gasteiger charge is -2.13. The smallest absolute Gasteiger partial charge is 0.365 e. The first-order valence-corrected chi connectivity index (χ1v) is 8.52. The number of aromatic hydroxyl groups is 1. The molecule has 7 nitrogen and oxygen atoms in total. The summed E-state index contributed by atoms with van der Waals surface area (Å²) >= 11 is 0. The van der Waals surface area contributed by atoms with Crippen molar-refractivity contribution < 1.29 is 19.2 Å². The highest BCUT2D eigenvalue weighted by atomic mass is 16.5. The number of aromatic nitrogens is 1. The molecule has 0 atom stereocenters. The molecule has 0 radical (unpaired) electrons. The van der Waals surface area contributed by atoms with E-state index in [0.717, 1.165) is 0 Å². The van der Waals surface area contributed by atoms with Crippen LogP contribution in [0.25, 0.3) is 44.0 Å². The van der Waals surface area contributed by atoms with Crippen LogP contribution in [-0.2, 0) is 6.61 Å². The van der Waals surface area contributed by atoms with Crippen LogP contribution in [0.5, 0.6) is 5.75 Å². The number of fused-ring (bicyclic) bond motifs is 3. The Hall–Kier alpha value is -3.84. The van der Waals surface area contributed by atoms with Crippen molar-refractivity contribution in [3.05, 3.63) is 74.7 Å². The molecule has 2 aromatic heterocycles. The molecule has 3 N–H and O–H groups in total. The molecule has 0 saturated heterocycles. The van der Waals surface area contributed by atoms with Crippen molar-refractivity contribution in [2.24, 2.45) is 0 Å². The lowest BCUT2D eigenvalue weighted by molar-refractivity contribution is 0.282. The van der Waals surface area contributed by atoms with Crippen molar-refractivity contribution in [1.82, 2.24) is 5.16 Å². The van der Waals surface area contributed by atoms with E-state index >= 15 is 0 Å². The Morgan fingerprint density at radius 3 is 2.57 bits per heavy atom. The van der Waals surface area contributed by atoms with Crippen LogP contribution >= 0.6 is 0 Å². The van der Waals surface area contributed by atoms with Crippen LogP contribution in [0.2, 0.25) is 0 Å². The summed E-state index contributed by atoms with van der Waals surface area (Å²) in [4.78, 5) is 24.8. The third-order valence-corrected chi connectivity index (χ3v) is 4.89. The van der Waals surface area contributed by atoms with Crippen LogP contribution < -0.4 is 11.1 Å². The van der Waals surface area contributed by atoms with Crippen molar-refractivity contribution in [2.45, 2.75) is 6.61 Å². The SMILES string of the molecule is O=c1o[nH]c2c(-c3c(CO)cc4oc5ccccc5c(=O)c4c3O)cccc12. The zero-order valence-corrected chi connectivity index (χ0v) is 14.4. The van der Waals surface area contributed by atoms with Crippen molar-refractivity contribution in [1.29, 1.82) is 0 Å². The molecular weight excluding hydrogens is 362 g/mol. The normalized spacial score (nSPS) is 11.6. The molecule has 5 rings (SSSR count). The van der Waals surface area contributed by atoms with E-state index in [2.05, 4.69) is 5.16 Å². The number of rotatable bonds is 2. The highest BCUT2D eigenvalue weighted by molar-refractivity contribution is 6.03. The van der Waals surface area contributed by atoms with Crippen LogP contribution in [0.15, 0.2) is 67.1 Å². The largest absolute Gasteiger partial charge is 0.506 e. The summed E-state index contributed by atoms with van der Waals surface area (Å²) in [7, 11) is 0. The molecule has 0 aliphatic heterocycles. The molecule has 0 aliphatic rings. The molecule has 0 amide bonds. The average molecular weight is 375 g/mol. The highest BCUT2D eigenvalue weighted by Crippen LogP contribution is 2.40. The van der Waals surface area contributed by atoms with Gasteiger partial charge in [-0.3, -0.25) is 4.79 Å². The minimum absolute atomic E-state index is 0.00810. The van der Waals surface area contributed by atoms with E-state index in [1.807, 2.05) is 0 Å². The Morgan fingerprint density at radius 2 is 1.75 bits per heavy atom. The molecule has 0 fully saturated rings. The highest BCUT2D eigenvalue weighted by Gasteiger charge is 2.22. The first-order chi connectivity index (χ1) is 13.6. The predicted molar refractivity (Wildman–Crippen MR) is 103 cm³/mol. The molecule has 0 unspecified atom stereocenters. The van der Waals surface area contributed by atoms with E-state index in [0.29, 0.717) is 33.0 Å². The van der Waals surface area contributed by atoms with Gasteiger partial charge in [-0.1, -0.05) is 24.3 Å². The van der Waals surface area contributed by atoms with E-state index in [1.165, 1.54) is 6.07 Å². The fourth-order valence-electron chi connectivity index (χ4n) is 3.61. The Balaban J connectivity index is 1.97. The Morgan fingerprint density at radius 1 is 0.964 bits per heavy atom. The van der Waals surface area contributed by atoms with Gasteiger partial charge in [0, 0.05) is 11.1 Å². The van der Waals surface area contributed by atoms with Gasteiger partial charge in [-0.25, -0.2) is 9.95 Å². The van der Waals surface area contributed by atoms with Gasteiger partial charge in [-0.2, -0.15) is 0 Å². The van der Waals surface area contributed by atoms with Crippen molar-refractivity contribution >= 4 is 32.8 Å². The van der Waals surface area contributed by atoms with Gasteiger partial charge in [0.2, 0.25) is 5.43 Å². The maximum atomic E-state index is 13.0. The van der Waals surface area contributed by atoms with Crippen LogP contribution in [0.3, 0.4) is 0 Å². The van der Waals surface area contributed by atoms with Crippen molar-refractivity contribution in [3.8, 4) is 16.9 Å². The van der Waals surface area contributed by atoms with E-state index in [4.69, 9.17) is 8.94 Å². The van der Waals surface area contributed by atoms with Gasteiger partial charge in [-0.15, -0.1) is 0 Å². The van der Waals surface area contributed by atoms with Gasteiger partial charge in [-0.05, 0) is 29.8 Å². The molecule has 0 saturated carbocycles. The Kier molecular flexibility index (Phi) is 3.40. The number of benzene rings is 3. The standard InChI is InChI=1S/C21H13NO6/c23-9-10-8-15-17(19(24)11-4-1-2-7-14(11)27-15)20(25)16(10)12-5-3-6-13-18(12)22-28-21(13)26/h1-8,22-23,25H,9H2. The van der Waals surface area contributed by atoms with E-state index in [-0.39, 0.29) is 27.7 Å². The lowest BCUT2D eigenvalue weighted by atomic mass is 9.94. The quantitative estimate of drug-likeness (QED) is 0.408. The third kappa shape index (κ3) is 2.14. The van der Waals surface area contributed by atoms with Crippen LogP contribution in [0.4, 0.5) is 0 Å². The Bertz CT molecular complexity index is 1510. The number of nitrogens with one attached hydrogen (secondary N) is 1. The zero-order chi connectivity index (χ0) is 19.4. The van der Waals surface area contributed by atoms with E-state index in [9.17, 15) is 19.8 Å². The van der Waals surface area contributed by atoms with Crippen molar-refractivity contribution in [2.75, 3.05) is 0 Å². The number of H-pyrrole nitrogens is 1. The van der Waals surface area contributed by atoms with Gasteiger partial charge in [0.25, 0.3) is 0 Å². The maximum absolute atomic E-state index is 13.0. The molecule has 2 heterocycles. The second kappa shape index (κ2) is 5.83. The fraction of sp³-hybridized carbons (Fsp3) is 0.0476. The van der Waals surface area contributed by atoms with Crippen LogP contribution in [0, 0.1) is 0 Å². The summed E-state index contributed by atoms with van der Waals surface area (Å²) in [5.74, 6) is -0.324. The molecule has 0 aliphatic carbocycles. The summed E-state index contributed by atoms with van der Waals surface area (Å²) in [6.45, 7) is -0.409. The van der Waals surface area contributed by atoms with Crippen LogP contribution in [0.1, 0.15) is 5.56 Å². The van der Waals surface area contributed by atoms with Crippen molar-refractivity contribution in [3.63, 3.8) is 0 Å². The van der Waals surface area contributed by atoms with Crippen LogP contribution in [-0.4, -0.2) is 15.4 Å². The second-order valence-corrected chi connectivity index (χ2v) is 6.44. The summed E-state index contributed by atoms with van der Waals surface area (Å²) in [5, 5.41) is 24.1. The summed E-state index contributed by atoms with van der Waals surface area (Å²) < 4.78 is 10.6. The number of aliphatic hydroxyl groups excluding tert-OH is 1. The first kappa shape index (κ1) is 16.3. The van der Waals surface area contributed by atoms with E-state index < -0.39 is 12.2 Å². The molecule has 3 aromatic carbocycles. The molecule has 7 heteroatoms.